The number of benzene rings is 1. The summed E-state index contributed by atoms with van der Waals surface area (Å²) >= 11 is 6.87. The van der Waals surface area contributed by atoms with E-state index in [9.17, 15) is 9.90 Å². The summed E-state index contributed by atoms with van der Waals surface area (Å²) in [6.07, 6.45) is 2.12. The molecule has 1 aromatic carbocycles. The molecule has 0 aliphatic carbocycles. The van der Waals surface area contributed by atoms with Crippen molar-refractivity contribution in [2.24, 2.45) is 0 Å². The van der Waals surface area contributed by atoms with Crippen molar-refractivity contribution >= 4 is 22.9 Å². The number of thiazole rings is 1. The zero-order valence-corrected chi connectivity index (χ0v) is 11.8. The Balaban J connectivity index is 1.96. The van der Waals surface area contributed by atoms with Gasteiger partial charge in [0.2, 0.25) is 5.88 Å². The summed E-state index contributed by atoms with van der Waals surface area (Å²) in [5.41, 5.74) is 2.70. The van der Waals surface area contributed by atoms with E-state index in [1.165, 1.54) is 0 Å². The van der Waals surface area contributed by atoms with Crippen LogP contribution in [0.3, 0.4) is 0 Å². The van der Waals surface area contributed by atoms with E-state index >= 15 is 0 Å². The van der Waals surface area contributed by atoms with Crippen molar-refractivity contribution in [3.05, 3.63) is 55.6 Å². The molecule has 5 nitrogen and oxygen atoms in total. The van der Waals surface area contributed by atoms with E-state index in [1.54, 1.807) is 18.3 Å². The lowest BCUT2D eigenvalue weighted by Gasteiger charge is -2.02. The van der Waals surface area contributed by atoms with E-state index in [0.717, 1.165) is 28.2 Å². The molecule has 0 saturated carbocycles. The van der Waals surface area contributed by atoms with Crippen LogP contribution in [0, 0.1) is 0 Å². The van der Waals surface area contributed by atoms with Gasteiger partial charge in [-0.25, -0.2) is 0 Å². The third-order valence-electron chi connectivity index (χ3n) is 2.90. The molecule has 3 N–H and O–H groups in total. The van der Waals surface area contributed by atoms with Gasteiger partial charge in [-0.15, -0.1) is 0 Å². The first-order valence-corrected chi connectivity index (χ1v) is 7.02. The average molecular weight is 308 g/mol. The first kappa shape index (κ1) is 13.0. The number of aromatic hydroxyl groups is 1. The smallest absolute Gasteiger partial charge is 0.307 e. The third-order valence-corrected chi connectivity index (χ3v) is 4.03. The van der Waals surface area contributed by atoms with Crippen molar-refractivity contribution in [2.45, 2.75) is 6.42 Å². The summed E-state index contributed by atoms with van der Waals surface area (Å²) in [6, 6.07) is 7.37. The molecule has 0 aliphatic rings. The minimum Gasteiger partial charge on any atom is -0.494 e. The van der Waals surface area contributed by atoms with Crippen molar-refractivity contribution in [1.82, 2.24) is 15.2 Å². The number of aromatic nitrogens is 3. The van der Waals surface area contributed by atoms with Gasteiger partial charge in [-0.1, -0.05) is 35.1 Å². The van der Waals surface area contributed by atoms with Gasteiger partial charge in [0, 0.05) is 17.0 Å². The quantitative estimate of drug-likeness (QED) is 0.696. The fraction of sp³-hybridized carbons (Fsp3) is 0.0769. The lowest BCUT2D eigenvalue weighted by atomic mass is 10.1. The van der Waals surface area contributed by atoms with Gasteiger partial charge in [-0.05, 0) is 17.7 Å². The van der Waals surface area contributed by atoms with Crippen LogP contribution < -0.4 is 4.87 Å². The first-order valence-electron chi connectivity index (χ1n) is 5.82. The van der Waals surface area contributed by atoms with Crippen LogP contribution in [0.4, 0.5) is 0 Å². The van der Waals surface area contributed by atoms with Crippen molar-refractivity contribution < 1.29 is 5.11 Å². The number of aromatic amines is 2. The highest BCUT2D eigenvalue weighted by Gasteiger charge is 2.13. The van der Waals surface area contributed by atoms with E-state index in [4.69, 9.17) is 11.6 Å². The number of hydrogen-bond acceptors (Lipinski definition) is 4. The molecule has 20 heavy (non-hydrogen) atoms. The topological polar surface area (TPSA) is 81.8 Å². The largest absolute Gasteiger partial charge is 0.494 e. The van der Waals surface area contributed by atoms with E-state index in [0.29, 0.717) is 16.3 Å². The van der Waals surface area contributed by atoms with Crippen LogP contribution in [0.1, 0.15) is 10.4 Å². The first-order chi connectivity index (χ1) is 9.63. The van der Waals surface area contributed by atoms with Gasteiger partial charge in [-0.3, -0.25) is 14.9 Å². The van der Waals surface area contributed by atoms with Crippen LogP contribution in [0.2, 0.25) is 5.02 Å². The molecule has 0 fully saturated rings. The molecule has 102 valence electrons. The number of rotatable bonds is 3. The van der Waals surface area contributed by atoms with Gasteiger partial charge < -0.3 is 5.11 Å². The van der Waals surface area contributed by atoms with Crippen LogP contribution in [0.15, 0.2) is 35.3 Å². The normalized spacial score (nSPS) is 10.8. The van der Waals surface area contributed by atoms with E-state index in [1.807, 2.05) is 12.1 Å². The summed E-state index contributed by atoms with van der Waals surface area (Å²) in [6.45, 7) is 0. The lowest BCUT2D eigenvalue weighted by molar-refractivity contribution is 0.451. The van der Waals surface area contributed by atoms with Crippen LogP contribution >= 0.6 is 22.9 Å². The van der Waals surface area contributed by atoms with Gasteiger partial charge >= 0.3 is 4.87 Å². The van der Waals surface area contributed by atoms with Gasteiger partial charge in [0.15, 0.2) is 0 Å². The van der Waals surface area contributed by atoms with Crippen LogP contribution in [0.5, 0.6) is 5.88 Å². The van der Waals surface area contributed by atoms with Crippen LogP contribution in [-0.2, 0) is 6.42 Å². The molecule has 0 amide bonds. The minimum atomic E-state index is -0.269. The van der Waals surface area contributed by atoms with Gasteiger partial charge in [0.1, 0.15) is 0 Å². The highest BCUT2D eigenvalue weighted by molar-refractivity contribution is 7.09. The van der Waals surface area contributed by atoms with Crippen molar-refractivity contribution in [3.8, 4) is 17.1 Å². The summed E-state index contributed by atoms with van der Waals surface area (Å²) in [5, 5.41) is 17.3. The molecular weight excluding hydrogens is 298 g/mol. The van der Waals surface area contributed by atoms with Crippen LogP contribution in [0.25, 0.3) is 11.3 Å². The highest BCUT2D eigenvalue weighted by atomic mass is 35.5. The maximum Gasteiger partial charge on any atom is 0.307 e. The predicted octanol–water partition coefficient (Wildman–Crippen LogP) is 2.78. The Morgan fingerprint density at radius 2 is 2.05 bits per heavy atom. The molecule has 0 unspecified atom stereocenters. The predicted molar refractivity (Wildman–Crippen MR) is 78.4 cm³/mol. The SMILES string of the molecule is O=c1[nH]c(O)c(Cc2cn[nH]c2-c2ccc(Cl)cc2)s1. The second kappa shape index (κ2) is 5.15. The van der Waals surface area contributed by atoms with Gasteiger partial charge in [-0.2, -0.15) is 5.10 Å². The Bertz CT molecular complexity index is 789. The summed E-state index contributed by atoms with van der Waals surface area (Å²) < 4.78 is 0. The average Bonchev–Trinajstić information content (AvgIpc) is 2.98. The molecule has 7 heteroatoms. The van der Waals surface area contributed by atoms with Gasteiger partial charge in [0.25, 0.3) is 0 Å². The number of halogens is 1. The molecule has 0 radical (unpaired) electrons. The lowest BCUT2D eigenvalue weighted by Crippen LogP contribution is -1.89. The van der Waals surface area contributed by atoms with Crippen molar-refractivity contribution in [1.29, 1.82) is 0 Å². The summed E-state index contributed by atoms with van der Waals surface area (Å²) in [5.74, 6) is -0.0803. The third kappa shape index (κ3) is 2.48. The summed E-state index contributed by atoms with van der Waals surface area (Å²) in [7, 11) is 0. The number of H-pyrrole nitrogens is 2. The van der Waals surface area contributed by atoms with Crippen molar-refractivity contribution in [3.63, 3.8) is 0 Å². The fourth-order valence-electron chi connectivity index (χ4n) is 1.96. The molecule has 2 aromatic heterocycles. The standard InChI is InChI=1S/C13H10ClN3O2S/c14-9-3-1-7(2-4-9)11-8(6-15-17-11)5-10-12(18)16-13(19)20-10/h1-4,6,18H,5H2,(H,15,17)(H,16,19). The zero-order valence-electron chi connectivity index (χ0n) is 10.2. The number of nitrogens with zero attached hydrogens (tertiary/aromatic N) is 1. The molecule has 0 bridgehead atoms. The molecule has 0 spiro atoms. The molecule has 3 rings (SSSR count). The highest BCUT2D eigenvalue weighted by Crippen LogP contribution is 2.27. The monoisotopic (exact) mass is 307 g/mol. The van der Waals surface area contributed by atoms with E-state index in [2.05, 4.69) is 15.2 Å². The van der Waals surface area contributed by atoms with Gasteiger partial charge in [0.05, 0.1) is 16.8 Å². The molecule has 0 aliphatic heterocycles. The second-order valence-corrected chi connectivity index (χ2v) is 5.74. The minimum absolute atomic E-state index is 0.0803. The van der Waals surface area contributed by atoms with E-state index in [-0.39, 0.29) is 10.8 Å². The zero-order chi connectivity index (χ0) is 14.1. The molecular formula is C13H10ClN3O2S. The Labute approximate surface area is 122 Å². The molecule has 0 saturated heterocycles. The molecule has 2 heterocycles. The van der Waals surface area contributed by atoms with E-state index < -0.39 is 0 Å². The number of hydrogen-bond donors (Lipinski definition) is 3. The maximum absolute atomic E-state index is 11.2. The van der Waals surface area contributed by atoms with Crippen LogP contribution in [-0.4, -0.2) is 20.3 Å². The second-order valence-electron chi connectivity index (χ2n) is 4.24. The summed E-state index contributed by atoms with van der Waals surface area (Å²) in [4.78, 5) is 13.9. The van der Waals surface area contributed by atoms with Crippen molar-refractivity contribution in [2.75, 3.05) is 0 Å². The maximum atomic E-state index is 11.2. The Hall–Kier alpha value is -2.05. The fourth-order valence-corrected chi connectivity index (χ4v) is 2.83. The number of nitrogens with one attached hydrogen (secondary N) is 2. The Morgan fingerprint density at radius 1 is 1.30 bits per heavy atom. The Morgan fingerprint density at radius 3 is 2.70 bits per heavy atom. The molecule has 3 aromatic rings. The Kier molecular flexibility index (Phi) is 3.33. The molecule has 0 atom stereocenters.